The Hall–Kier alpha value is -3.16. The van der Waals surface area contributed by atoms with Crippen LogP contribution in [0.4, 0.5) is 5.69 Å². The van der Waals surface area contributed by atoms with Gasteiger partial charge in [0.25, 0.3) is 5.56 Å². The van der Waals surface area contributed by atoms with Gasteiger partial charge in [-0.1, -0.05) is 0 Å². The maximum absolute atomic E-state index is 12.3. The van der Waals surface area contributed by atoms with Crippen LogP contribution >= 0.6 is 0 Å². The third kappa shape index (κ3) is 3.90. The lowest BCUT2D eigenvalue weighted by Crippen LogP contribution is -2.36. The Bertz CT molecular complexity index is 847. The van der Waals surface area contributed by atoms with Gasteiger partial charge in [0.1, 0.15) is 5.75 Å². The normalized spacial score (nSPS) is 16.6. The van der Waals surface area contributed by atoms with Crippen molar-refractivity contribution < 1.29 is 14.3 Å². The van der Waals surface area contributed by atoms with Gasteiger partial charge in [-0.2, -0.15) is 5.10 Å². The minimum Gasteiger partial charge on any atom is -0.497 e. The standard InChI is InChI=1S/C18H20N4O4/c1-26-15-6-4-14(5-7-15)21-12-13(11-17(21)24)18(25)19-9-10-22-16(23)3-2-8-20-22/h2-8,13H,9-12H2,1H3,(H,19,25). The zero-order valence-electron chi connectivity index (χ0n) is 14.4. The number of amides is 2. The first-order valence-electron chi connectivity index (χ1n) is 8.33. The van der Waals surface area contributed by atoms with E-state index in [1.54, 1.807) is 42.3 Å². The number of hydrogen-bond donors (Lipinski definition) is 1. The van der Waals surface area contributed by atoms with E-state index in [0.29, 0.717) is 12.3 Å². The zero-order valence-corrected chi connectivity index (χ0v) is 14.4. The lowest BCUT2D eigenvalue weighted by molar-refractivity contribution is -0.126. The van der Waals surface area contributed by atoms with E-state index in [1.165, 1.54) is 16.9 Å². The molecule has 0 bridgehead atoms. The van der Waals surface area contributed by atoms with Crippen molar-refractivity contribution >= 4 is 17.5 Å². The van der Waals surface area contributed by atoms with Crippen LogP contribution in [0.15, 0.2) is 47.4 Å². The van der Waals surface area contributed by atoms with E-state index in [2.05, 4.69) is 10.4 Å². The first-order chi connectivity index (χ1) is 12.6. The number of carbonyl (C=O) groups is 2. The van der Waals surface area contributed by atoms with Crippen molar-refractivity contribution in [2.75, 3.05) is 25.1 Å². The van der Waals surface area contributed by atoms with Crippen molar-refractivity contribution in [3.05, 3.63) is 52.9 Å². The smallest absolute Gasteiger partial charge is 0.266 e. The van der Waals surface area contributed by atoms with Gasteiger partial charge in [0, 0.05) is 37.5 Å². The quantitative estimate of drug-likeness (QED) is 0.810. The van der Waals surface area contributed by atoms with Gasteiger partial charge < -0.3 is 15.0 Å². The summed E-state index contributed by atoms with van der Waals surface area (Å²) in [6.07, 6.45) is 1.69. The van der Waals surface area contributed by atoms with E-state index in [1.807, 2.05) is 0 Å². The maximum Gasteiger partial charge on any atom is 0.266 e. The molecule has 0 spiro atoms. The molecule has 2 amide bonds. The molecule has 0 radical (unpaired) electrons. The number of rotatable bonds is 6. The Balaban J connectivity index is 1.55. The van der Waals surface area contributed by atoms with Gasteiger partial charge in [-0.3, -0.25) is 14.4 Å². The number of aromatic nitrogens is 2. The third-order valence-electron chi connectivity index (χ3n) is 4.29. The van der Waals surface area contributed by atoms with Gasteiger partial charge in [0.2, 0.25) is 11.8 Å². The molecule has 8 nitrogen and oxygen atoms in total. The van der Waals surface area contributed by atoms with Crippen LogP contribution in [-0.2, 0) is 16.1 Å². The molecule has 1 aliphatic rings. The SMILES string of the molecule is COc1ccc(N2CC(C(=O)NCCn3ncccc3=O)CC2=O)cc1. The summed E-state index contributed by atoms with van der Waals surface area (Å²) in [4.78, 5) is 37.7. The third-order valence-corrected chi connectivity index (χ3v) is 4.29. The molecular formula is C18H20N4O4. The molecular weight excluding hydrogens is 336 g/mol. The topological polar surface area (TPSA) is 93.5 Å². The summed E-state index contributed by atoms with van der Waals surface area (Å²) in [5.41, 5.74) is 0.523. The number of anilines is 1. The van der Waals surface area contributed by atoms with Crippen molar-refractivity contribution in [3.63, 3.8) is 0 Å². The average molecular weight is 356 g/mol. The molecule has 0 saturated carbocycles. The highest BCUT2D eigenvalue weighted by atomic mass is 16.5. The Morgan fingerprint density at radius 3 is 2.73 bits per heavy atom. The second-order valence-corrected chi connectivity index (χ2v) is 5.98. The van der Waals surface area contributed by atoms with E-state index in [4.69, 9.17) is 4.74 Å². The van der Waals surface area contributed by atoms with Crippen molar-refractivity contribution in [2.45, 2.75) is 13.0 Å². The Kier molecular flexibility index (Phi) is 5.31. The van der Waals surface area contributed by atoms with E-state index in [0.717, 1.165) is 5.69 Å². The lowest BCUT2D eigenvalue weighted by Gasteiger charge is -2.17. The van der Waals surface area contributed by atoms with E-state index >= 15 is 0 Å². The van der Waals surface area contributed by atoms with Crippen molar-refractivity contribution in [1.82, 2.24) is 15.1 Å². The summed E-state index contributed by atoms with van der Waals surface area (Å²) in [6.45, 7) is 0.901. The summed E-state index contributed by atoms with van der Waals surface area (Å²) >= 11 is 0. The molecule has 3 rings (SSSR count). The highest BCUT2D eigenvalue weighted by molar-refractivity contribution is 6.00. The molecule has 1 aromatic carbocycles. The predicted molar refractivity (Wildman–Crippen MR) is 95.0 cm³/mol. The lowest BCUT2D eigenvalue weighted by atomic mass is 10.1. The Morgan fingerprint density at radius 1 is 1.27 bits per heavy atom. The number of ether oxygens (including phenoxy) is 1. The highest BCUT2D eigenvalue weighted by Gasteiger charge is 2.34. The fourth-order valence-electron chi connectivity index (χ4n) is 2.88. The van der Waals surface area contributed by atoms with Gasteiger partial charge >= 0.3 is 0 Å². The minimum absolute atomic E-state index is 0.0868. The molecule has 1 aromatic heterocycles. The van der Waals surface area contributed by atoms with Gasteiger partial charge in [0.15, 0.2) is 0 Å². The van der Waals surface area contributed by atoms with Crippen LogP contribution in [0.3, 0.4) is 0 Å². The molecule has 1 aliphatic heterocycles. The molecule has 1 N–H and O–H groups in total. The monoisotopic (exact) mass is 356 g/mol. The van der Waals surface area contributed by atoms with Crippen LogP contribution in [0.1, 0.15) is 6.42 Å². The summed E-state index contributed by atoms with van der Waals surface area (Å²) in [6, 6.07) is 10.1. The molecule has 136 valence electrons. The van der Waals surface area contributed by atoms with E-state index < -0.39 is 5.92 Å². The summed E-state index contributed by atoms with van der Waals surface area (Å²) in [5, 5.41) is 6.70. The number of methoxy groups -OCH3 is 1. The zero-order chi connectivity index (χ0) is 18.5. The van der Waals surface area contributed by atoms with Gasteiger partial charge in [-0.25, -0.2) is 4.68 Å². The summed E-state index contributed by atoms with van der Waals surface area (Å²) in [5.74, 6) is 0.0131. The molecule has 8 heteroatoms. The second kappa shape index (κ2) is 7.81. The fourth-order valence-corrected chi connectivity index (χ4v) is 2.88. The highest BCUT2D eigenvalue weighted by Crippen LogP contribution is 2.26. The number of hydrogen-bond acceptors (Lipinski definition) is 5. The van der Waals surface area contributed by atoms with Crippen molar-refractivity contribution in [3.8, 4) is 5.75 Å². The molecule has 1 unspecified atom stereocenters. The van der Waals surface area contributed by atoms with Gasteiger partial charge in [0.05, 0.1) is 19.6 Å². The molecule has 1 saturated heterocycles. The molecule has 2 heterocycles. The first kappa shape index (κ1) is 17.7. The van der Waals surface area contributed by atoms with Crippen LogP contribution in [-0.4, -0.2) is 41.8 Å². The van der Waals surface area contributed by atoms with Crippen LogP contribution in [0.25, 0.3) is 0 Å². The molecule has 0 aliphatic carbocycles. The van der Waals surface area contributed by atoms with Crippen molar-refractivity contribution in [1.29, 1.82) is 0 Å². The second-order valence-electron chi connectivity index (χ2n) is 5.98. The first-order valence-corrected chi connectivity index (χ1v) is 8.33. The minimum atomic E-state index is -0.412. The number of benzene rings is 1. The van der Waals surface area contributed by atoms with Crippen molar-refractivity contribution in [2.24, 2.45) is 5.92 Å². The average Bonchev–Trinajstić information content (AvgIpc) is 3.05. The fraction of sp³-hybridized carbons (Fsp3) is 0.333. The Morgan fingerprint density at radius 2 is 2.04 bits per heavy atom. The van der Waals surface area contributed by atoms with E-state index in [-0.39, 0.29) is 36.9 Å². The number of nitrogens with zero attached hydrogens (tertiary/aromatic N) is 3. The largest absolute Gasteiger partial charge is 0.497 e. The summed E-state index contributed by atoms with van der Waals surface area (Å²) in [7, 11) is 1.58. The van der Waals surface area contributed by atoms with Crippen LogP contribution < -0.4 is 20.5 Å². The predicted octanol–water partition coefficient (Wildman–Crippen LogP) is 0.421. The van der Waals surface area contributed by atoms with Gasteiger partial charge in [-0.15, -0.1) is 0 Å². The molecule has 2 aromatic rings. The molecule has 26 heavy (non-hydrogen) atoms. The summed E-state index contributed by atoms with van der Waals surface area (Å²) < 4.78 is 6.39. The molecule has 1 fully saturated rings. The maximum atomic E-state index is 12.3. The Labute approximate surface area is 150 Å². The van der Waals surface area contributed by atoms with Crippen LogP contribution in [0.2, 0.25) is 0 Å². The van der Waals surface area contributed by atoms with Gasteiger partial charge in [-0.05, 0) is 30.3 Å². The van der Waals surface area contributed by atoms with Crippen LogP contribution in [0, 0.1) is 5.92 Å². The van der Waals surface area contributed by atoms with Crippen LogP contribution in [0.5, 0.6) is 5.75 Å². The number of carbonyl (C=O) groups excluding carboxylic acids is 2. The number of nitrogens with one attached hydrogen (secondary N) is 1. The molecule has 1 atom stereocenters. The van der Waals surface area contributed by atoms with E-state index in [9.17, 15) is 14.4 Å².